The summed E-state index contributed by atoms with van der Waals surface area (Å²) in [6.07, 6.45) is 4.67. The van der Waals surface area contributed by atoms with Crippen LogP contribution < -0.4 is 10.6 Å². The van der Waals surface area contributed by atoms with Crippen LogP contribution in [0, 0.1) is 6.92 Å². The number of nitrogens with one attached hydrogen (secondary N) is 2. The number of carbonyl (C=O) groups excluding carboxylic acids is 2. The Morgan fingerprint density at radius 3 is 2.46 bits per heavy atom. The van der Waals surface area contributed by atoms with Gasteiger partial charge in [0.25, 0.3) is 0 Å². The topological polar surface area (TPSA) is 58.2 Å². The molecule has 0 saturated heterocycles. The normalized spacial score (nSPS) is 14.3. The summed E-state index contributed by atoms with van der Waals surface area (Å²) < 4.78 is 0.751. The standard InChI is InChI=1S/C21H23BrN2O2/c1-13-7-10-19(18(22)11-13)24-21(26)20(25)23-14(2)16-9-8-15-5-3-4-6-17(15)12-16/h7-12,14H,3-6H2,1-2H3,(H,23,25)(H,24,26). The molecule has 2 amide bonds. The number of halogens is 1. The lowest BCUT2D eigenvalue weighted by Crippen LogP contribution is -2.37. The van der Waals surface area contributed by atoms with Crippen LogP contribution in [0.3, 0.4) is 0 Å². The zero-order valence-corrected chi connectivity index (χ0v) is 16.7. The van der Waals surface area contributed by atoms with Gasteiger partial charge in [0.05, 0.1) is 11.7 Å². The maximum atomic E-state index is 12.3. The van der Waals surface area contributed by atoms with Crippen molar-refractivity contribution < 1.29 is 9.59 Å². The van der Waals surface area contributed by atoms with Gasteiger partial charge in [-0.15, -0.1) is 0 Å². The zero-order chi connectivity index (χ0) is 18.7. The molecule has 2 N–H and O–H groups in total. The third-order valence-corrected chi connectivity index (χ3v) is 5.46. The maximum absolute atomic E-state index is 12.3. The van der Waals surface area contributed by atoms with Gasteiger partial charge in [0.2, 0.25) is 0 Å². The molecule has 3 rings (SSSR count). The Balaban J connectivity index is 1.64. The van der Waals surface area contributed by atoms with E-state index in [1.807, 2.05) is 32.0 Å². The molecule has 0 saturated carbocycles. The van der Waals surface area contributed by atoms with Crippen LogP contribution in [0.2, 0.25) is 0 Å². The highest BCUT2D eigenvalue weighted by Gasteiger charge is 2.19. The van der Waals surface area contributed by atoms with Crippen molar-refractivity contribution in [3.63, 3.8) is 0 Å². The molecule has 1 atom stereocenters. The smallest absolute Gasteiger partial charge is 0.313 e. The highest BCUT2D eigenvalue weighted by atomic mass is 79.9. The molecule has 0 aliphatic heterocycles. The Morgan fingerprint density at radius 1 is 1.00 bits per heavy atom. The van der Waals surface area contributed by atoms with E-state index in [4.69, 9.17) is 0 Å². The molecule has 5 heteroatoms. The average Bonchev–Trinajstić information content (AvgIpc) is 2.63. The number of fused-ring (bicyclic) bond motifs is 1. The van der Waals surface area contributed by atoms with Crippen LogP contribution >= 0.6 is 15.9 Å². The summed E-state index contributed by atoms with van der Waals surface area (Å²) in [6.45, 7) is 3.86. The van der Waals surface area contributed by atoms with Crippen molar-refractivity contribution in [2.24, 2.45) is 0 Å². The number of carbonyl (C=O) groups is 2. The monoisotopic (exact) mass is 414 g/mol. The summed E-state index contributed by atoms with van der Waals surface area (Å²) >= 11 is 3.40. The number of aryl methyl sites for hydroxylation is 3. The van der Waals surface area contributed by atoms with E-state index in [9.17, 15) is 9.59 Å². The first-order valence-corrected chi connectivity index (χ1v) is 9.73. The van der Waals surface area contributed by atoms with Gasteiger partial charge in [-0.3, -0.25) is 9.59 Å². The molecule has 4 nitrogen and oxygen atoms in total. The third-order valence-electron chi connectivity index (χ3n) is 4.80. The van der Waals surface area contributed by atoms with E-state index in [0.717, 1.165) is 28.4 Å². The largest absolute Gasteiger partial charge is 0.341 e. The van der Waals surface area contributed by atoms with Crippen LogP contribution in [0.1, 0.15) is 48.1 Å². The van der Waals surface area contributed by atoms with Gasteiger partial charge in [0.15, 0.2) is 0 Å². The highest BCUT2D eigenvalue weighted by molar-refractivity contribution is 9.10. The van der Waals surface area contributed by atoms with Crippen molar-refractivity contribution >= 4 is 33.4 Å². The molecule has 0 spiro atoms. The molecule has 0 radical (unpaired) electrons. The molecule has 1 aliphatic carbocycles. The van der Waals surface area contributed by atoms with Crippen LogP contribution in [-0.4, -0.2) is 11.8 Å². The lowest BCUT2D eigenvalue weighted by molar-refractivity contribution is -0.136. The molecule has 0 aromatic heterocycles. The first kappa shape index (κ1) is 18.6. The molecular formula is C21H23BrN2O2. The number of hydrogen-bond donors (Lipinski definition) is 2. The first-order chi connectivity index (χ1) is 12.4. The van der Waals surface area contributed by atoms with Crippen molar-refractivity contribution in [1.29, 1.82) is 0 Å². The fourth-order valence-corrected chi connectivity index (χ4v) is 3.86. The summed E-state index contributed by atoms with van der Waals surface area (Å²) in [5.41, 5.74) is 5.45. The van der Waals surface area contributed by atoms with Crippen molar-refractivity contribution in [3.8, 4) is 0 Å². The molecular weight excluding hydrogens is 392 g/mol. The lowest BCUT2D eigenvalue weighted by atomic mass is 9.89. The molecule has 2 aromatic rings. The predicted molar refractivity (Wildman–Crippen MR) is 107 cm³/mol. The van der Waals surface area contributed by atoms with Gasteiger partial charge in [0, 0.05) is 4.47 Å². The van der Waals surface area contributed by atoms with Crippen LogP contribution in [0.4, 0.5) is 5.69 Å². The van der Waals surface area contributed by atoms with Crippen molar-refractivity contribution in [1.82, 2.24) is 5.32 Å². The second-order valence-corrected chi connectivity index (χ2v) is 7.72. The Hall–Kier alpha value is -2.14. The minimum absolute atomic E-state index is 0.220. The van der Waals surface area contributed by atoms with Crippen LogP contribution in [0.5, 0.6) is 0 Å². The van der Waals surface area contributed by atoms with Gasteiger partial charge in [-0.05, 0) is 89.8 Å². The van der Waals surface area contributed by atoms with E-state index in [-0.39, 0.29) is 6.04 Å². The first-order valence-electron chi connectivity index (χ1n) is 8.94. The fourth-order valence-electron chi connectivity index (χ4n) is 3.27. The molecule has 1 unspecified atom stereocenters. The van der Waals surface area contributed by atoms with Crippen LogP contribution in [-0.2, 0) is 22.4 Å². The number of amides is 2. The molecule has 0 fully saturated rings. The third kappa shape index (κ3) is 4.33. The molecule has 0 heterocycles. The summed E-state index contributed by atoms with van der Waals surface area (Å²) in [5.74, 6) is -1.30. The second-order valence-electron chi connectivity index (χ2n) is 6.87. The summed E-state index contributed by atoms with van der Waals surface area (Å²) in [7, 11) is 0. The Morgan fingerprint density at radius 2 is 1.73 bits per heavy atom. The Labute approximate surface area is 162 Å². The number of rotatable bonds is 3. The molecule has 26 heavy (non-hydrogen) atoms. The summed E-state index contributed by atoms with van der Waals surface area (Å²) in [4.78, 5) is 24.5. The van der Waals surface area contributed by atoms with Crippen LogP contribution in [0.15, 0.2) is 40.9 Å². The van der Waals surface area contributed by atoms with E-state index in [1.54, 1.807) is 6.07 Å². The second kappa shape index (κ2) is 8.04. The SMILES string of the molecule is Cc1ccc(NC(=O)C(=O)NC(C)c2ccc3c(c2)CCCC3)c(Br)c1. The number of hydrogen-bond acceptors (Lipinski definition) is 2. The molecule has 2 aromatic carbocycles. The summed E-state index contributed by atoms with van der Waals surface area (Å²) in [5, 5.41) is 5.43. The zero-order valence-electron chi connectivity index (χ0n) is 15.1. The number of anilines is 1. The van der Waals surface area contributed by atoms with E-state index in [0.29, 0.717) is 5.69 Å². The van der Waals surface area contributed by atoms with Crippen molar-refractivity contribution in [2.45, 2.75) is 45.6 Å². The Bertz CT molecular complexity index is 848. The molecule has 0 bridgehead atoms. The van der Waals surface area contributed by atoms with Gasteiger partial charge in [0.1, 0.15) is 0 Å². The predicted octanol–water partition coefficient (Wildman–Crippen LogP) is 4.45. The molecule has 136 valence electrons. The van der Waals surface area contributed by atoms with Gasteiger partial charge in [-0.2, -0.15) is 0 Å². The van der Waals surface area contributed by atoms with E-state index >= 15 is 0 Å². The molecule has 1 aliphatic rings. The van der Waals surface area contributed by atoms with Gasteiger partial charge in [-0.25, -0.2) is 0 Å². The van der Waals surface area contributed by atoms with Gasteiger partial charge in [-0.1, -0.05) is 24.3 Å². The maximum Gasteiger partial charge on any atom is 0.313 e. The quantitative estimate of drug-likeness (QED) is 0.728. The van der Waals surface area contributed by atoms with E-state index in [2.05, 4.69) is 38.7 Å². The van der Waals surface area contributed by atoms with E-state index in [1.165, 1.54) is 24.0 Å². The van der Waals surface area contributed by atoms with Crippen LogP contribution in [0.25, 0.3) is 0 Å². The van der Waals surface area contributed by atoms with Crippen molar-refractivity contribution in [3.05, 3.63) is 63.1 Å². The average molecular weight is 415 g/mol. The van der Waals surface area contributed by atoms with Gasteiger partial charge < -0.3 is 10.6 Å². The minimum Gasteiger partial charge on any atom is -0.341 e. The van der Waals surface area contributed by atoms with Gasteiger partial charge >= 0.3 is 11.8 Å². The van der Waals surface area contributed by atoms with Crippen molar-refractivity contribution in [2.75, 3.05) is 5.32 Å². The Kier molecular flexibility index (Phi) is 5.77. The highest BCUT2D eigenvalue weighted by Crippen LogP contribution is 2.25. The number of benzene rings is 2. The summed E-state index contributed by atoms with van der Waals surface area (Å²) in [6, 6.07) is 11.7. The lowest BCUT2D eigenvalue weighted by Gasteiger charge is -2.20. The minimum atomic E-state index is -0.667. The van der Waals surface area contributed by atoms with E-state index < -0.39 is 11.8 Å². The fraction of sp³-hybridized carbons (Fsp3) is 0.333.